The van der Waals surface area contributed by atoms with E-state index in [0.717, 1.165) is 12.0 Å². The monoisotopic (exact) mass is 504 g/mol. The van der Waals surface area contributed by atoms with Crippen molar-refractivity contribution in [2.24, 2.45) is 5.41 Å². The molecule has 2 aromatic carbocycles. The van der Waals surface area contributed by atoms with Gasteiger partial charge in [0.2, 0.25) is 10.0 Å². The number of carbonyl (C=O) groups excluding carboxylic acids is 1. The molecule has 0 N–H and O–H groups in total. The van der Waals surface area contributed by atoms with Crippen molar-refractivity contribution >= 4 is 15.9 Å². The molecule has 186 valence electrons. The summed E-state index contributed by atoms with van der Waals surface area (Å²) in [7, 11) is -2.07. The summed E-state index contributed by atoms with van der Waals surface area (Å²) in [6.45, 7) is 2.10. The molecule has 2 fully saturated rings. The number of piperidine rings is 1. The Morgan fingerprint density at radius 1 is 0.944 bits per heavy atom. The molecule has 8 heteroatoms. The van der Waals surface area contributed by atoms with E-state index in [-0.39, 0.29) is 22.0 Å². The van der Waals surface area contributed by atoms with E-state index in [4.69, 9.17) is 9.15 Å². The molecule has 36 heavy (non-hydrogen) atoms. The van der Waals surface area contributed by atoms with Crippen LogP contribution >= 0.6 is 0 Å². The van der Waals surface area contributed by atoms with Crippen LogP contribution in [-0.2, 0) is 10.0 Å². The summed E-state index contributed by atoms with van der Waals surface area (Å²) in [5.41, 5.74) is 0.807. The number of hydrogen-bond acceptors (Lipinski definition) is 5. The van der Waals surface area contributed by atoms with Gasteiger partial charge in [0.15, 0.2) is 11.5 Å². The van der Waals surface area contributed by atoms with Crippen molar-refractivity contribution in [2.75, 3.05) is 33.3 Å². The minimum absolute atomic E-state index is 0.0708. The number of ether oxygens (including phenoxy) is 1. The lowest BCUT2D eigenvalue weighted by molar-refractivity contribution is 0.0719. The molecule has 7 nitrogen and oxygen atoms in total. The van der Waals surface area contributed by atoms with Crippen LogP contribution in [0.2, 0.25) is 0 Å². The second-order valence-electron chi connectivity index (χ2n) is 9.34. The number of furan rings is 1. The highest BCUT2D eigenvalue weighted by Gasteiger charge is 2.44. The molecule has 0 unspecified atom stereocenters. The quantitative estimate of drug-likeness (QED) is 0.502. The second-order valence-corrected chi connectivity index (χ2v) is 11.3. The molecule has 1 spiro atoms. The first-order valence-corrected chi connectivity index (χ1v) is 13.4. The lowest BCUT2D eigenvalue weighted by atomic mass is 9.78. The minimum Gasteiger partial charge on any atom is -0.497 e. The molecule has 0 bridgehead atoms. The third kappa shape index (κ3) is 4.90. The number of rotatable bonds is 4. The van der Waals surface area contributed by atoms with Crippen molar-refractivity contribution in [2.45, 2.75) is 24.2 Å². The van der Waals surface area contributed by atoms with Gasteiger partial charge in [0, 0.05) is 37.8 Å². The van der Waals surface area contributed by atoms with Gasteiger partial charge in [0.05, 0.1) is 12.0 Å². The maximum Gasteiger partial charge on any atom is 0.289 e. The van der Waals surface area contributed by atoms with Crippen molar-refractivity contribution in [3.63, 3.8) is 0 Å². The van der Waals surface area contributed by atoms with Crippen LogP contribution in [-0.4, -0.2) is 56.8 Å². The van der Waals surface area contributed by atoms with Crippen molar-refractivity contribution in [3.8, 4) is 17.6 Å². The molecular formula is C28H28N2O5S. The van der Waals surface area contributed by atoms with E-state index in [1.165, 1.54) is 7.11 Å². The van der Waals surface area contributed by atoms with Crippen LogP contribution in [0, 0.1) is 17.3 Å². The zero-order valence-electron chi connectivity index (χ0n) is 20.1. The molecular weight excluding hydrogens is 476 g/mol. The molecule has 5 rings (SSSR count). The highest BCUT2D eigenvalue weighted by Crippen LogP contribution is 2.42. The van der Waals surface area contributed by atoms with Gasteiger partial charge >= 0.3 is 0 Å². The smallest absolute Gasteiger partial charge is 0.289 e. The highest BCUT2D eigenvalue weighted by molar-refractivity contribution is 7.89. The molecule has 2 aliphatic rings. The van der Waals surface area contributed by atoms with Crippen molar-refractivity contribution in [1.82, 2.24) is 9.21 Å². The van der Waals surface area contributed by atoms with Gasteiger partial charge < -0.3 is 14.1 Å². The van der Waals surface area contributed by atoms with E-state index in [0.29, 0.717) is 50.5 Å². The number of hydrogen-bond donors (Lipinski definition) is 0. The minimum atomic E-state index is -3.59. The van der Waals surface area contributed by atoms with Gasteiger partial charge in [0.25, 0.3) is 5.91 Å². The van der Waals surface area contributed by atoms with Gasteiger partial charge in [-0.2, -0.15) is 4.31 Å². The number of carbonyl (C=O) groups is 1. The Labute approximate surface area is 211 Å². The summed E-state index contributed by atoms with van der Waals surface area (Å²) in [5.74, 6) is 7.10. The van der Waals surface area contributed by atoms with E-state index >= 15 is 0 Å². The average Bonchev–Trinajstić information content (AvgIpc) is 3.56. The Bertz CT molecular complexity index is 1410. The molecule has 2 saturated heterocycles. The van der Waals surface area contributed by atoms with E-state index in [1.807, 2.05) is 35.2 Å². The van der Waals surface area contributed by atoms with Crippen LogP contribution in [0.5, 0.6) is 5.75 Å². The number of benzene rings is 2. The van der Waals surface area contributed by atoms with Crippen LogP contribution < -0.4 is 4.74 Å². The Morgan fingerprint density at radius 3 is 2.44 bits per heavy atom. The lowest BCUT2D eigenvalue weighted by Gasteiger charge is -2.38. The number of sulfonamides is 1. The zero-order valence-corrected chi connectivity index (χ0v) is 21.0. The van der Waals surface area contributed by atoms with Crippen LogP contribution in [0.15, 0.2) is 76.0 Å². The van der Waals surface area contributed by atoms with Gasteiger partial charge in [-0.05, 0) is 67.0 Å². The molecule has 3 heterocycles. The van der Waals surface area contributed by atoms with E-state index < -0.39 is 10.0 Å². The number of amides is 1. The summed E-state index contributed by atoms with van der Waals surface area (Å²) in [6, 6.07) is 19.6. The summed E-state index contributed by atoms with van der Waals surface area (Å²) < 4.78 is 38.7. The Balaban J connectivity index is 1.21. The second kappa shape index (κ2) is 9.84. The summed E-state index contributed by atoms with van der Waals surface area (Å²) in [6.07, 6.45) is 2.28. The van der Waals surface area contributed by atoms with E-state index in [9.17, 15) is 13.2 Å². The molecule has 1 aromatic heterocycles. The molecule has 0 radical (unpaired) electrons. The lowest BCUT2D eigenvalue weighted by Crippen LogP contribution is -2.44. The number of nitrogens with zero attached hydrogens (tertiary/aromatic N) is 2. The normalized spacial score (nSPS) is 17.5. The van der Waals surface area contributed by atoms with E-state index in [2.05, 4.69) is 11.8 Å². The molecule has 0 saturated carbocycles. The van der Waals surface area contributed by atoms with Gasteiger partial charge in [-0.25, -0.2) is 8.42 Å². The SMILES string of the molecule is COc1cccc(S(=O)(=O)N2CCC3(CCN(C(=O)c4ccc(C#Cc5ccccc5)o4)C3)CC2)c1. The largest absolute Gasteiger partial charge is 0.497 e. The van der Waals surface area contributed by atoms with E-state index in [1.54, 1.807) is 40.7 Å². The first-order chi connectivity index (χ1) is 17.4. The van der Waals surface area contributed by atoms with Gasteiger partial charge in [-0.15, -0.1) is 0 Å². The van der Waals surface area contributed by atoms with Crippen molar-refractivity contribution in [3.05, 3.63) is 83.8 Å². The highest BCUT2D eigenvalue weighted by atomic mass is 32.2. The standard InChI is InChI=1S/C28H28N2O5S/c1-34-24-8-5-9-25(20-24)36(32,33)30-18-15-28(16-19-30)14-17-29(21-28)27(31)26-13-12-23(35-26)11-10-22-6-3-2-4-7-22/h2-9,12-13,20H,14-19,21H2,1H3. The fraction of sp³-hybridized carbons (Fsp3) is 0.321. The maximum atomic E-state index is 13.1. The summed E-state index contributed by atoms with van der Waals surface area (Å²) >= 11 is 0. The topological polar surface area (TPSA) is 80.1 Å². The van der Waals surface area contributed by atoms with Crippen LogP contribution in [0.25, 0.3) is 0 Å². The molecule has 0 aliphatic carbocycles. The summed E-state index contributed by atoms with van der Waals surface area (Å²) in [4.78, 5) is 15.2. The summed E-state index contributed by atoms with van der Waals surface area (Å²) in [5, 5.41) is 0. The molecule has 3 aromatic rings. The van der Waals surface area contributed by atoms with Crippen LogP contribution in [0.1, 0.15) is 41.1 Å². The van der Waals surface area contributed by atoms with Gasteiger partial charge in [-0.3, -0.25) is 4.79 Å². The third-order valence-corrected chi connectivity index (χ3v) is 9.00. The fourth-order valence-electron chi connectivity index (χ4n) is 4.96. The molecule has 2 aliphatic heterocycles. The fourth-order valence-corrected chi connectivity index (χ4v) is 6.44. The number of methoxy groups -OCH3 is 1. The van der Waals surface area contributed by atoms with Crippen molar-refractivity contribution in [1.29, 1.82) is 0 Å². The van der Waals surface area contributed by atoms with Crippen LogP contribution in [0.3, 0.4) is 0 Å². The van der Waals surface area contributed by atoms with Gasteiger partial charge in [0.1, 0.15) is 5.75 Å². The third-order valence-electron chi connectivity index (χ3n) is 7.11. The number of likely N-dealkylation sites (tertiary alicyclic amines) is 1. The molecule has 0 atom stereocenters. The zero-order chi connectivity index (χ0) is 25.2. The van der Waals surface area contributed by atoms with Crippen LogP contribution in [0.4, 0.5) is 0 Å². The first kappa shape index (κ1) is 24.2. The average molecular weight is 505 g/mol. The Morgan fingerprint density at radius 2 is 1.69 bits per heavy atom. The molecule has 1 amide bonds. The first-order valence-electron chi connectivity index (χ1n) is 12.0. The Kier molecular flexibility index (Phi) is 6.61. The predicted octanol–water partition coefficient (Wildman–Crippen LogP) is 4.01. The van der Waals surface area contributed by atoms with Crippen molar-refractivity contribution < 1.29 is 22.4 Å². The Hall–Kier alpha value is -3.54. The predicted molar refractivity (Wildman–Crippen MR) is 135 cm³/mol. The maximum absolute atomic E-state index is 13.1. The van der Waals surface area contributed by atoms with Gasteiger partial charge in [-0.1, -0.05) is 30.2 Å².